The Morgan fingerprint density at radius 2 is 1.79 bits per heavy atom. The molecule has 224 valence electrons. The number of benzene rings is 2. The van der Waals surface area contributed by atoms with Crippen LogP contribution in [0.3, 0.4) is 0 Å². The molecule has 4 N–H and O–H groups in total. The molecular formula is C30H35ClFN5O4S. The molecule has 3 amide bonds. The third-order valence-corrected chi connectivity index (χ3v) is 8.05. The van der Waals surface area contributed by atoms with Crippen molar-refractivity contribution >= 4 is 52.2 Å². The largest absolute Gasteiger partial charge is 0.497 e. The average Bonchev–Trinajstić information content (AvgIpc) is 3.34. The van der Waals surface area contributed by atoms with Crippen LogP contribution in [0.25, 0.3) is 0 Å². The van der Waals surface area contributed by atoms with E-state index in [0.717, 1.165) is 49.7 Å². The van der Waals surface area contributed by atoms with Gasteiger partial charge in [0.2, 0.25) is 5.91 Å². The smallest absolute Gasteiger partial charge is 0.273 e. The van der Waals surface area contributed by atoms with Gasteiger partial charge < -0.3 is 21.1 Å². The molecule has 1 aromatic heterocycles. The highest BCUT2D eigenvalue weighted by molar-refractivity contribution is 7.09. The van der Waals surface area contributed by atoms with Crippen molar-refractivity contribution in [3.8, 4) is 5.75 Å². The van der Waals surface area contributed by atoms with Crippen molar-refractivity contribution in [1.29, 1.82) is 0 Å². The number of amides is 3. The summed E-state index contributed by atoms with van der Waals surface area (Å²) in [7, 11) is 1.52. The van der Waals surface area contributed by atoms with Crippen LogP contribution in [0.1, 0.15) is 84.6 Å². The molecule has 4 rings (SSSR count). The fourth-order valence-electron chi connectivity index (χ4n) is 4.89. The molecule has 0 spiro atoms. The van der Waals surface area contributed by atoms with Crippen LogP contribution in [0, 0.1) is 5.82 Å². The molecule has 0 aliphatic heterocycles. The summed E-state index contributed by atoms with van der Waals surface area (Å²) in [5, 5.41) is 5.67. The maximum absolute atomic E-state index is 14.3. The summed E-state index contributed by atoms with van der Waals surface area (Å²) in [5.41, 5.74) is 6.18. The number of hydrogen-bond donors (Lipinski definition) is 3. The van der Waals surface area contributed by atoms with Crippen molar-refractivity contribution in [2.24, 2.45) is 0 Å². The number of nitrogens with zero attached hydrogens (tertiary/aromatic N) is 2. The predicted octanol–water partition coefficient (Wildman–Crippen LogP) is 5.89. The first-order valence-corrected chi connectivity index (χ1v) is 14.9. The number of rotatable bonds is 8. The normalized spacial score (nSPS) is 14.6. The summed E-state index contributed by atoms with van der Waals surface area (Å²) in [5.74, 6) is -1.79. The predicted molar refractivity (Wildman–Crippen MR) is 163 cm³/mol. The molecule has 1 saturated carbocycles. The number of aromatic nitrogens is 1. The number of hydrogen-bond acceptors (Lipinski definition) is 7. The van der Waals surface area contributed by atoms with Crippen molar-refractivity contribution in [3.63, 3.8) is 0 Å². The lowest BCUT2D eigenvalue weighted by atomic mass is 9.95. The second-order valence-corrected chi connectivity index (χ2v) is 12.5. The van der Waals surface area contributed by atoms with Gasteiger partial charge in [-0.25, -0.2) is 4.39 Å². The average molecular weight is 616 g/mol. The van der Waals surface area contributed by atoms with E-state index in [0.29, 0.717) is 11.3 Å². The van der Waals surface area contributed by atoms with Crippen LogP contribution >= 0.6 is 23.1 Å². The Balaban J connectivity index is 1.80. The molecule has 1 aliphatic rings. The number of carbonyl (C=O) groups is 3. The molecule has 0 radical (unpaired) electrons. The third-order valence-electron chi connectivity index (χ3n) is 6.91. The van der Waals surface area contributed by atoms with Gasteiger partial charge in [0.15, 0.2) is 5.69 Å². The quantitative estimate of drug-likeness (QED) is 0.290. The molecule has 9 nitrogen and oxygen atoms in total. The van der Waals surface area contributed by atoms with Gasteiger partial charge in [-0.1, -0.05) is 43.0 Å². The first-order valence-electron chi connectivity index (χ1n) is 13.7. The monoisotopic (exact) mass is 615 g/mol. The lowest BCUT2D eigenvalue weighted by Gasteiger charge is -2.33. The van der Waals surface area contributed by atoms with E-state index in [9.17, 15) is 18.8 Å². The van der Waals surface area contributed by atoms with Gasteiger partial charge in [-0.2, -0.15) is 4.37 Å². The number of halogens is 2. The molecule has 3 aromatic rings. The molecule has 1 aliphatic carbocycles. The van der Waals surface area contributed by atoms with Gasteiger partial charge in [-0.3, -0.25) is 19.3 Å². The van der Waals surface area contributed by atoms with Crippen LogP contribution in [0.5, 0.6) is 5.75 Å². The standard InChI is InChI=1S/C30H35ClFN5O4S/c1-30(2,3)35-28(39)25(17-10-13-20(41-4)14-11-17)37(19-12-15-22(32)21(31)16-19)29(40)26-23(33)24(36-42-26)27(38)34-18-8-6-5-7-9-18/h10-16,18,25H,5-9,33H2,1-4H3,(H,34,38)(H,35,39). The molecule has 0 saturated heterocycles. The molecular weight excluding hydrogens is 581 g/mol. The van der Waals surface area contributed by atoms with Gasteiger partial charge in [-0.15, -0.1) is 0 Å². The summed E-state index contributed by atoms with van der Waals surface area (Å²) in [6.07, 6.45) is 4.92. The van der Waals surface area contributed by atoms with E-state index >= 15 is 0 Å². The topological polar surface area (TPSA) is 127 Å². The first-order chi connectivity index (χ1) is 19.9. The van der Waals surface area contributed by atoms with Gasteiger partial charge in [0.1, 0.15) is 22.5 Å². The Labute approximate surface area is 253 Å². The summed E-state index contributed by atoms with van der Waals surface area (Å²) < 4.78 is 23.7. The summed E-state index contributed by atoms with van der Waals surface area (Å²) >= 11 is 6.90. The van der Waals surface area contributed by atoms with Crippen LogP contribution in [0.15, 0.2) is 42.5 Å². The summed E-state index contributed by atoms with van der Waals surface area (Å²) in [6, 6.07) is 9.19. The minimum absolute atomic E-state index is 0.0184. The Morgan fingerprint density at radius 1 is 1.12 bits per heavy atom. The van der Waals surface area contributed by atoms with E-state index in [1.54, 1.807) is 24.3 Å². The third kappa shape index (κ3) is 7.19. The second-order valence-electron chi connectivity index (χ2n) is 11.3. The lowest BCUT2D eigenvalue weighted by Crippen LogP contribution is -2.49. The molecule has 2 aromatic carbocycles. The van der Waals surface area contributed by atoms with Crippen molar-refractivity contribution in [2.75, 3.05) is 17.7 Å². The van der Waals surface area contributed by atoms with Gasteiger partial charge in [0.05, 0.1) is 17.8 Å². The number of methoxy groups -OCH3 is 1. The zero-order valence-corrected chi connectivity index (χ0v) is 25.6. The number of carbonyl (C=O) groups excluding carboxylic acids is 3. The highest BCUT2D eigenvalue weighted by Gasteiger charge is 2.37. The highest BCUT2D eigenvalue weighted by Crippen LogP contribution is 2.35. The number of anilines is 2. The van der Waals surface area contributed by atoms with Crippen LogP contribution < -0.4 is 26.0 Å². The SMILES string of the molecule is COc1ccc(C(C(=O)NC(C)(C)C)N(C(=O)c2snc(C(=O)NC3CCCCC3)c2N)c2ccc(F)c(Cl)c2)cc1. The fraction of sp³-hybridized carbons (Fsp3) is 0.400. The molecule has 42 heavy (non-hydrogen) atoms. The molecule has 1 atom stereocenters. The minimum atomic E-state index is -1.23. The maximum atomic E-state index is 14.3. The van der Waals surface area contributed by atoms with Gasteiger partial charge in [0.25, 0.3) is 11.8 Å². The van der Waals surface area contributed by atoms with E-state index in [4.69, 9.17) is 22.1 Å². The number of nitrogens with one attached hydrogen (secondary N) is 2. The Bertz CT molecular complexity index is 1450. The molecule has 0 bridgehead atoms. The molecule has 1 unspecified atom stereocenters. The molecule has 1 heterocycles. The van der Waals surface area contributed by atoms with Crippen LogP contribution in [0.4, 0.5) is 15.8 Å². The minimum Gasteiger partial charge on any atom is -0.497 e. The van der Waals surface area contributed by atoms with Crippen molar-refractivity contribution in [1.82, 2.24) is 15.0 Å². The van der Waals surface area contributed by atoms with E-state index in [2.05, 4.69) is 15.0 Å². The number of nitrogen functional groups attached to an aromatic ring is 1. The van der Waals surface area contributed by atoms with E-state index in [1.165, 1.54) is 24.1 Å². The maximum Gasteiger partial charge on any atom is 0.273 e. The zero-order valence-electron chi connectivity index (χ0n) is 24.0. The Hall–Kier alpha value is -3.70. The van der Waals surface area contributed by atoms with Gasteiger partial charge in [0, 0.05) is 17.3 Å². The van der Waals surface area contributed by atoms with E-state index in [1.807, 2.05) is 20.8 Å². The second kappa shape index (κ2) is 13.1. The van der Waals surface area contributed by atoms with Crippen LogP contribution in [-0.2, 0) is 4.79 Å². The number of nitrogens with two attached hydrogens (primary N) is 1. The van der Waals surface area contributed by atoms with E-state index < -0.39 is 35.1 Å². The Kier molecular flexibility index (Phi) is 9.73. The number of ether oxygens (including phenoxy) is 1. The van der Waals surface area contributed by atoms with Crippen molar-refractivity contribution in [2.45, 2.75) is 70.5 Å². The summed E-state index contributed by atoms with van der Waals surface area (Å²) in [4.78, 5) is 42.4. The van der Waals surface area contributed by atoms with Crippen LogP contribution in [-0.4, -0.2) is 40.8 Å². The van der Waals surface area contributed by atoms with Crippen LogP contribution in [0.2, 0.25) is 5.02 Å². The van der Waals surface area contributed by atoms with Crippen molar-refractivity contribution in [3.05, 3.63) is 69.4 Å². The van der Waals surface area contributed by atoms with Gasteiger partial charge >= 0.3 is 0 Å². The van der Waals surface area contributed by atoms with Gasteiger partial charge in [-0.05, 0) is 81.0 Å². The fourth-order valence-corrected chi connectivity index (χ4v) is 5.80. The van der Waals surface area contributed by atoms with E-state index in [-0.39, 0.29) is 33.0 Å². The molecule has 12 heteroatoms. The Morgan fingerprint density at radius 3 is 2.38 bits per heavy atom. The zero-order chi connectivity index (χ0) is 30.6. The van der Waals surface area contributed by atoms with Crippen molar-refractivity contribution < 1.29 is 23.5 Å². The first kappa shape index (κ1) is 31.2. The summed E-state index contributed by atoms with van der Waals surface area (Å²) in [6.45, 7) is 5.44. The highest BCUT2D eigenvalue weighted by atomic mass is 35.5. The molecule has 1 fully saturated rings. The lowest BCUT2D eigenvalue weighted by molar-refractivity contribution is -0.123.